The first-order chi connectivity index (χ1) is 6.43. The standard InChI is InChI=1S/C8H17NO4S/c1-8(6-10)2-4-9(5-3-8)14(12,13)7-11/h10-11H,2-7H2,1H3. The quantitative estimate of drug-likeness (QED) is 0.667. The summed E-state index contributed by atoms with van der Waals surface area (Å²) in [6, 6.07) is 0. The summed E-state index contributed by atoms with van der Waals surface area (Å²) >= 11 is 0. The second-order valence-electron chi connectivity index (χ2n) is 4.11. The molecule has 6 heteroatoms. The number of sulfonamides is 1. The minimum Gasteiger partial charge on any atom is -0.396 e. The first-order valence-corrected chi connectivity index (χ1v) is 6.24. The van der Waals surface area contributed by atoms with Gasteiger partial charge < -0.3 is 10.2 Å². The fraction of sp³-hybridized carbons (Fsp3) is 1.00. The highest BCUT2D eigenvalue weighted by molar-refractivity contribution is 7.88. The Bertz CT molecular complexity index is 280. The van der Waals surface area contributed by atoms with Crippen LogP contribution < -0.4 is 0 Å². The summed E-state index contributed by atoms with van der Waals surface area (Å²) in [6.07, 6.45) is 1.28. The fourth-order valence-corrected chi connectivity index (χ4v) is 2.45. The highest BCUT2D eigenvalue weighted by Gasteiger charge is 2.33. The molecule has 0 aromatic carbocycles. The third-order valence-electron chi connectivity index (χ3n) is 2.87. The molecule has 1 saturated heterocycles. The zero-order chi connectivity index (χ0) is 10.8. The first kappa shape index (κ1) is 11.9. The van der Waals surface area contributed by atoms with Crippen LogP contribution in [0.15, 0.2) is 0 Å². The van der Waals surface area contributed by atoms with E-state index in [1.807, 2.05) is 6.92 Å². The van der Waals surface area contributed by atoms with Crippen LogP contribution in [0.4, 0.5) is 0 Å². The summed E-state index contributed by atoms with van der Waals surface area (Å²) in [5, 5.41) is 17.7. The molecule has 0 atom stereocenters. The van der Waals surface area contributed by atoms with Crippen molar-refractivity contribution in [3.05, 3.63) is 0 Å². The number of hydrogen-bond donors (Lipinski definition) is 2. The molecule has 0 unspecified atom stereocenters. The molecular weight excluding hydrogens is 206 g/mol. The second-order valence-corrected chi connectivity index (χ2v) is 6.05. The number of hydrogen-bond acceptors (Lipinski definition) is 4. The molecular formula is C8H17NO4S. The van der Waals surface area contributed by atoms with Crippen LogP contribution in [0.5, 0.6) is 0 Å². The van der Waals surface area contributed by atoms with Crippen molar-refractivity contribution in [2.24, 2.45) is 5.41 Å². The molecule has 1 fully saturated rings. The zero-order valence-electron chi connectivity index (χ0n) is 8.31. The topological polar surface area (TPSA) is 77.8 Å². The molecule has 1 aliphatic heterocycles. The predicted octanol–water partition coefficient (Wildman–Crippen LogP) is -0.640. The van der Waals surface area contributed by atoms with Crippen molar-refractivity contribution in [1.29, 1.82) is 0 Å². The lowest BCUT2D eigenvalue weighted by atomic mass is 9.82. The van der Waals surface area contributed by atoms with Gasteiger partial charge in [0, 0.05) is 19.7 Å². The normalized spacial score (nSPS) is 23.6. The van der Waals surface area contributed by atoms with Gasteiger partial charge in [0.1, 0.15) is 0 Å². The van der Waals surface area contributed by atoms with Crippen LogP contribution in [0.25, 0.3) is 0 Å². The number of rotatable bonds is 3. The first-order valence-electron chi connectivity index (χ1n) is 4.63. The predicted molar refractivity (Wildman–Crippen MR) is 52.0 cm³/mol. The molecule has 0 spiro atoms. The van der Waals surface area contributed by atoms with Gasteiger partial charge in [-0.15, -0.1) is 0 Å². The van der Waals surface area contributed by atoms with Crippen molar-refractivity contribution in [2.75, 3.05) is 25.6 Å². The van der Waals surface area contributed by atoms with E-state index in [0.717, 1.165) is 0 Å². The largest absolute Gasteiger partial charge is 0.396 e. The third-order valence-corrected chi connectivity index (χ3v) is 4.35. The molecule has 14 heavy (non-hydrogen) atoms. The van der Waals surface area contributed by atoms with E-state index in [4.69, 9.17) is 10.2 Å². The van der Waals surface area contributed by atoms with Crippen LogP contribution in [0, 0.1) is 5.41 Å². The molecule has 2 N–H and O–H groups in total. The van der Waals surface area contributed by atoms with Gasteiger partial charge in [-0.25, -0.2) is 8.42 Å². The number of aliphatic hydroxyl groups excluding tert-OH is 2. The van der Waals surface area contributed by atoms with E-state index < -0.39 is 16.0 Å². The van der Waals surface area contributed by atoms with Crippen LogP contribution in [0.2, 0.25) is 0 Å². The summed E-state index contributed by atoms with van der Waals surface area (Å²) in [4.78, 5) is 0. The van der Waals surface area contributed by atoms with E-state index in [-0.39, 0.29) is 12.0 Å². The molecule has 0 aliphatic carbocycles. The van der Waals surface area contributed by atoms with Gasteiger partial charge in [0.2, 0.25) is 10.0 Å². The maximum absolute atomic E-state index is 11.3. The summed E-state index contributed by atoms with van der Waals surface area (Å²) < 4.78 is 23.8. The Morgan fingerprint density at radius 2 is 1.79 bits per heavy atom. The van der Waals surface area contributed by atoms with E-state index in [1.165, 1.54) is 4.31 Å². The molecule has 1 rings (SSSR count). The van der Waals surface area contributed by atoms with Gasteiger partial charge >= 0.3 is 0 Å². The van der Waals surface area contributed by atoms with Gasteiger partial charge in [-0.3, -0.25) is 0 Å². The molecule has 1 heterocycles. The molecule has 0 aromatic rings. The minimum absolute atomic E-state index is 0.0833. The Hall–Kier alpha value is -0.170. The van der Waals surface area contributed by atoms with Crippen LogP contribution in [0.3, 0.4) is 0 Å². The van der Waals surface area contributed by atoms with E-state index in [2.05, 4.69) is 0 Å². The average molecular weight is 223 g/mol. The minimum atomic E-state index is -3.47. The Morgan fingerprint density at radius 1 is 1.29 bits per heavy atom. The van der Waals surface area contributed by atoms with Gasteiger partial charge in [0.15, 0.2) is 5.94 Å². The van der Waals surface area contributed by atoms with Gasteiger partial charge in [0.05, 0.1) is 0 Å². The SMILES string of the molecule is CC1(CO)CCN(S(=O)(=O)CO)CC1. The van der Waals surface area contributed by atoms with Crippen LogP contribution in [-0.2, 0) is 10.0 Å². The lowest BCUT2D eigenvalue weighted by Gasteiger charge is -2.37. The van der Waals surface area contributed by atoms with Gasteiger partial charge in [-0.1, -0.05) is 6.92 Å². The lowest BCUT2D eigenvalue weighted by molar-refractivity contribution is 0.0845. The Balaban J connectivity index is 2.60. The van der Waals surface area contributed by atoms with Gasteiger partial charge in [-0.2, -0.15) is 4.31 Å². The molecule has 0 bridgehead atoms. The molecule has 0 aromatic heterocycles. The summed E-state index contributed by atoms with van der Waals surface area (Å²) in [5.41, 5.74) is -0.165. The van der Waals surface area contributed by atoms with Crippen molar-refractivity contribution in [2.45, 2.75) is 19.8 Å². The van der Waals surface area contributed by atoms with Crippen molar-refractivity contribution < 1.29 is 18.6 Å². The molecule has 84 valence electrons. The van der Waals surface area contributed by atoms with Crippen LogP contribution in [-0.4, -0.2) is 48.6 Å². The lowest BCUT2D eigenvalue weighted by Crippen LogP contribution is -2.44. The zero-order valence-corrected chi connectivity index (χ0v) is 9.13. The Labute approximate surface area is 84.4 Å². The molecule has 5 nitrogen and oxygen atoms in total. The molecule has 0 saturated carbocycles. The van der Waals surface area contributed by atoms with Crippen LogP contribution >= 0.6 is 0 Å². The van der Waals surface area contributed by atoms with Gasteiger partial charge in [0.25, 0.3) is 0 Å². The molecule has 0 amide bonds. The molecule has 0 radical (unpaired) electrons. The Morgan fingerprint density at radius 3 is 2.14 bits per heavy atom. The van der Waals surface area contributed by atoms with E-state index in [0.29, 0.717) is 25.9 Å². The summed E-state index contributed by atoms with van der Waals surface area (Å²) in [6.45, 7) is 2.80. The van der Waals surface area contributed by atoms with Crippen LogP contribution in [0.1, 0.15) is 19.8 Å². The number of piperidine rings is 1. The van der Waals surface area contributed by atoms with Crippen molar-refractivity contribution in [3.63, 3.8) is 0 Å². The monoisotopic (exact) mass is 223 g/mol. The van der Waals surface area contributed by atoms with Crippen molar-refractivity contribution >= 4 is 10.0 Å². The molecule has 1 aliphatic rings. The summed E-state index contributed by atoms with van der Waals surface area (Å²) in [7, 11) is -3.47. The highest BCUT2D eigenvalue weighted by atomic mass is 32.2. The number of nitrogens with zero attached hydrogens (tertiary/aromatic N) is 1. The van der Waals surface area contributed by atoms with Gasteiger partial charge in [-0.05, 0) is 18.3 Å². The summed E-state index contributed by atoms with van der Waals surface area (Å²) in [5.74, 6) is -0.831. The average Bonchev–Trinajstić information content (AvgIpc) is 2.19. The van der Waals surface area contributed by atoms with E-state index in [1.54, 1.807) is 0 Å². The number of aliphatic hydroxyl groups is 2. The fourth-order valence-electron chi connectivity index (χ4n) is 1.54. The van der Waals surface area contributed by atoms with E-state index in [9.17, 15) is 8.42 Å². The van der Waals surface area contributed by atoms with Crippen molar-refractivity contribution in [1.82, 2.24) is 4.31 Å². The maximum atomic E-state index is 11.3. The second kappa shape index (κ2) is 4.14. The van der Waals surface area contributed by atoms with E-state index >= 15 is 0 Å². The maximum Gasteiger partial charge on any atom is 0.238 e. The Kier molecular flexibility index (Phi) is 3.52. The van der Waals surface area contributed by atoms with Crippen molar-refractivity contribution in [3.8, 4) is 0 Å². The highest BCUT2D eigenvalue weighted by Crippen LogP contribution is 2.30. The smallest absolute Gasteiger partial charge is 0.238 e. The third kappa shape index (κ3) is 2.44.